The molecular weight excluding hydrogens is 234 g/mol. The van der Waals surface area contributed by atoms with Crippen LogP contribution in [0.1, 0.15) is 61.5 Å². The highest BCUT2D eigenvalue weighted by molar-refractivity contribution is 5.98. The standard InChI is InChI=1S/C17H25NO/c1-5-14(10-9-12(2)3)18-11-16-13(4)7-6-8-15(16)17(18)19/h6-8,12,14H,5,9-11H2,1-4H3. The van der Waals surface area contributed by atoms with Crippen molar-refractivity contribution in [1.29, 1.82) is 0 Å². The smallest absolute Gasteiger partial charge is 0.254 e. The number of amides is 1. The van der Waals surface area contributed by atoms with Gasteiger partial charge >= 0.3 is 0 Å². The van der Waals surface area contributed by atoms with Crippen molar-refractivity contribution in [3.05, 3.63) is 34.9 Å². The van der Waals surface area contributed by atoms with Gasteiger partial charge in [0.05, 0.1) is 0 Å². The molecule has 1 aliphatic heterocycles. The first-order chi connectivity index (χ1) is 9.04. The molecule has 2 nitrogen and oxygen atoms in total. The van der Waals surface area contributed by atoms with Gasteiger partial charge in [0.1, 0.15) is 0 Å². The van der Waals surface area contributed by atoms with Gasteiger partial charge in [0, 0.05) is 18.2 Å². The molecule has 1 aromatic rings. The third-order valence-electron chi connectivity index (χ3n) is 4.22. The Balaban J connectivity index is 2.15. The minimum atomic E-state index is 0.231. The van der Waals surface area contributed by atoms with Gasteiger partial charge in [-0.15, -0.1) is 0 Å². The second-order valence-electron chi connectivity index (χ2n) is 6.07. The van der Waals surface area contributed by atoms with E-state index in [1.54, 1.807) is 0 Å². The summed E-state index contributed by atoms with van der Waals surface area (Å²) in [6.45, 7) is 9.59. The average Bonchev–Trinajstić information content (AvgIpc) is 2.70. The van der Waals surface area contributed by atoms with E-state index < -0.39 is 0 Å². The van der Waals surface area contributed by atoms with Crippen molar-refractivity contribution in [1.82, 2.24) is 4.90 Å². The maximum absolute atomic E-state index is 12.5. The van der Waals surface area contributed by atoms with Crippen LogP contribution in [0.5, 0.6) is 0 Å². The average molecular weight is 259 g/mol. The Morgan fingerprint density at radius 2 is 2.00 bits per heavy atom. The van der Waals surface area contributed by atoms with Gasteiger partial charge in [-0.3, -0.25) is 4.79 Å². The zero-order valence-corrected chi connectivity index (χ0v) is 12.6. The van der Waals surface area contributed by atoms with Crippen LogP contribution in [0.15, 0.2) is 18.2 Å². The number of fused-ring (bicyclic) bond motifs is 1. The molecule has 0 spiro atoms. The summed E-state index contributed by atoms with van der Waals surface area (Å²) < 4.78 is 0. The SMILES string of the molecule is CCC(CCC(C)C)N1Cc2c(C)cccc2C1=O. The Bertz CT molecular complexity index is 464. The molecule has 0 aliphatic carbocycles. The van der Waals surface area contributed by atoms with Crippen LogP contribution < -0.4 is 0 Å². The summed E-state index contributed by atoms with van der Waals surface area (Å²) in [5.41, 5.74) is 3.39. The Kier molecular flexibility index (Phi) is 4.28. The zero-order valence-electron chi connectivity index (χ0n) is 12.6. The highest BCUT2D eigenvalue weighted by Gasteiger charge is 2.32. The summed E-state index contributed by atoms with van der Waals surface area (Å²) in [5, 5.41) is 0. The fourth-order valence-corrected chi connectivity index (χ4v) is 2.91. The topological polar surface area (TPSA) is 20.3 Å². The van der Waals surface area contributed by atoms with E-state index in [4.69, 9.17) is 0 Å². The first kappa shape index (κ1) is 14.1. The predicted octanol–water partition coefficient (Wildman–Crippen LogP) is 4.17. The fourth-order valence-electron chi connectivity index (χ4n) is 2.91. The first-order valence-corrected chi connectivity index (χ1v) is 7.44. The molecule has 0 N–H and O–H groups in total. The van der Waals surface area contributed by atoms with Gasteiger partial charge in [-0.05, 0) is 49.3 Å². The van der Waals surface area contributed by atoms with Gasteiger partial charge in [-0.2, -0.15) is 0 Å². The molecule has 2 heteroatoms. The Morgan fingerprint density at radius 1 is 1.26 bits per heavy atom. The van der Waals surface area contributed by atoms with Crippen LogP contribution >= 0.6 is 0 Å². The second kappa shape index (κ2) is 5.77. The maximum Gasteiger partial charge on any atom is 0.254 e. The van der Waals surface area contributed by atoms with Crippen molar-refractivity contribution in [2.75, 3.05) is 0 Å². The van der Waals surface area contributed by atoms with Crippen LogP contribution in [0.25, 0.3) is 0 Å². The molecule has 0 fully saturated rings. The molecule has 0 saturated heterocycles. The van der Waals surface area contributed by atoms with Gasteiger partial charge < -0.3 is 4.90 Å². The number of aryl methyl sites for hydroxylation is 1. The Hall–Kier alpha value is -1.31. The summed E-state index contributed by atoms with van der Waals surface area (Å²) in [7, 11) is 0. The molecule has 0 saturated carbocycles. The molecule has 19 heavy (non-hydrogen) atoms. The third kappa shape index (κ3) is 2.83. The van der Waals surface area contributed by atoms with Crippen LogP contribution in [0.3, 0.4) is 0 Å². The van der Waals surface area contributed by atoms with Gasteiger partial charge in [-0.1, -0.05) is 32.9 Å². The number of carbonyl (C=O) groups is 1. The van der Waals surface area contributed by atoms with Crippen LogP contribution in [0.2, 0.25) is 0 Å². The van der Waals surface area contributed by atoms with Crippen LogP contribution in [0, 0.1) is 12.8 Å². The summed E-state index contributed by atoms with van der Waals surface area (Å²) >= 11 is 0. The molecule has 1 aromatic carbocycles. The summed E-state index contributed by atoms with van der Waals surface area (Å²) in [6, 6.07) is 6.46. The molecule has 1 amide bonds. The van der Waals surface area contributed by atoms with Crippen molar-refractivity contribution < 1.29 is 4.79 Å². The van der Waals surface area contributed by atoms with Crippen LogP contribution in [-0.2, 0) is 6.54 Å². The van der Waals surface area contributed by atoms with E-state index in [0.29, 0.717) is 12.0 Å². The molecule has 0 radical (unpaired) electrons. The van der Waals surface area contributed by atoms with E-state index in [0.717, 1.165) is 24.9 Å². The third-order valence-corrected chi connectivity index (χ3v) is 4.22. The van der Waals surface area contributed by atoms with E-state index in [2.05, 4.69) is 38.7 Å². The maximum atomic E-state index is 12.5. The lowest BCUT2D eigenvalue weighted by Gasteiger charge is -2.27. The molecule has 1 atom stereocenters. The lowest BCUT2D eigenvalue weighted by Crippen LogP contribution is -2.35. The second-order valence-corrected chi connectivity index (χ2v) is 6.07. The van der Waals surface area contributed by atoms with Crippen molar-refractivity contribution >= 4 is 5.91 Å². The lowest BCUT2D eigenvalue weighted by atomic mass is 10.0. The van der Waals surface area contributed by atoms with E-state index in [-0.39, 0.29) is 5.91 Å². The summed E-state index contributed by atoms with van der Waals surface area (Å²) in [5.74, 6) is 0.935. The van der Waals surface area contributed by atoms with E-state index in [1.165, 1.54) is 17.5 Å². The Morgan fingerprint density at radius 3 is 2.58 bits per heavy atom. The van der Waals surface area contributed by atoms with E-state index in [9.17, 15) is 4.79 Å². The minimum Gasteiger partial charge on any atom is -0.331 e. The molecule has 0 aromatic heterocycles. The zero-order chi connectivity index (χ0) is 14.0. The van der Waals surface area contributed by atoms with Gasteiger partial charge in [0.2, 0.25) is 0 Å². The largest absolute Gasteiger partial charge is 0.331 e. The van der Waals surface area contributed by atoms with E-state index in [1.807, 2.05) is 12.1 Å². The molecule has 1 unspecified atom stereocenters. The monoisotopic (exact) mass is 259 g/mol. The van der Waals surface area contributed by atoms with Crippen LogP contribution in [0.4, 0.5) is 0 Å². The number of rotatable bonds is 5. The van der Waals surface area contributed by atoms with E-state index >= 15 is 0 Å². The molecule has 0 bridgehead atoms. The Labute approximate surface area is 116 Å². The first-order valence-electron chi connectivity index (χ1n) is 7.44. The van der Waals surface area contributed by atoms with Gasteiger partial charge in [0.15, 0.2) is 0 Å². The number of hydrogen-bond donors (Lipinski definition) is 0. The summed E-state index contributed by atoms with van der Waals surface area (Å²) in [4.78, 5) is 14.6. The quantitative estimate of drug-likeness (QED) is 0.777. The van der Waals surface area contributed by atoms with Crippen molar-refractivity contribution in [3.8, 4) is 0 Å². The number of benzene rings is 1. The molecule has 2 rings (SSSR count). The number of nitrogens with zero attached hydrogens (tertiary/aromatic N) is 1. The molecule has 104 valence electrons. The number of carbonyl (C=O) groups excluding carboxylic acids is 1. The van der Waals surface area contributed by atoms with Gasteiger partial charge in [0.25, 0.3) is 5.91 Å². The number of hydrogen-bond acceptors (Lipinski definition) is 1. The van der Waals surface area contributed by atoms with Crippen molar-refractivity contribution in [2.24, 2.45) is 5.92 Å². The molecule has 1 aliphatic rings. The lowest BCUT2D eigenvalue weighted by molar-refractivity contribution is 0.0682. The minimum absolute atomic E-state index is 0.231. The molecular formula is C17H25NO. The highest BCUT2D eigenvalue weighted by Crippen LogP contribution is 2.29. The van der Waals surface area contributed by atoms with Crippen LogP contribution in [-0.4, -0.2) is 16.8 Å². The molecule has 1 heterocycles. The summed E-state index contributed by atoms with van der Waals surface area (Å²) in [6.07, 6.45) is 3.36. The van der Waals surface area contributed by atoms with Crippen molar-refractivity contribution in [3.63, 3.8) is 0 Å². The normalized spacial score (nSPS) is 16.1. The highest BCUT2D eigenvalue weighted by atomic mass is 16.2. The van der Waals surface area contributed by atoms with Gasteiger partial charge in [-0.25, -0.2) is 0 Å². The van der Waals surface area contributed by atoms with Crippen molar-refractivity contribution in [2.45, 2.75) is 59.5 Å². The fraction of sp³-hybridized carbons (Fsp3) is 0.588. The predicted molar refractivity (Wildman–Crippen MR) is 79.2 cm³/mol.